The first-order valence-electron chi connectivity index (χ1n) is 8.75. The predicted molar refractivity (Wildman–Crippen MR) is 97.0 cm³/mol. The maximum Gasteiger partial charge on any atom is 0.331 e. The minimum atomic E-state index is -1.10. The van der Waals surface area contributed by atoms with Crippen LogP contribution in [0.15, 0.2) is 18.2 Å². The lowest BCUT2D eigenvalue weighted by molar-refractivity contribution is -0.154. The molecule has 0 saturated carbocycles. The molecule has 2 atom stereocenters. The first-order valence-corrected chi connectivity index (χ1v) is 8.75. The Morgan fingerprint density at radius 3 is 2.30 bits per heavy atom. The molecule has 0 spiro atoms. The van der Waals surface area contributed by atoms with Crippen molar-refractivity contribution in [3.8, 4) is 11.5 Å². The van der Waals surface area contributed by atoms with Crippen LogP contribution in [0.3, 0.4) is 0 Å². The number of carbonyl (C=O) groups is 3. The van der Waals surface area contributed by atoms with Crippen molar-refractivity contribution >= 4 is 17.8 Å². The summed E-state index contributed by atoms with van der Waals surface area (Å²) in [4.78, 5) is 36.1. The molecule has 1 amide bonds. The standard InChI is InChI=1S/C19H27NO7/c1-5-13(8-12-6-7-15(21)16(22)9-12)17(23)20-14(19(25)26-4)10-27-18(24)11(2)3/h6-7,9,11,13-14,21-22H,5,8,10H2,1-4H3,(H,20,23)/t13?,14-/m1/s1. The van der Waals surface area contributed by atoms with Crippen molar-refractivity contribution in [2.24, 2.45) is 11.8 Å². The van der Waals surface area contributed by atoms with E-state index in [1.807, 2.05) is 6.92 Å². The Morgan fingerprint density at radius 1 is 1.11 bits per heavy atom. The Morgan fingerprint density at radius 2 is 1.78 bits per heavy atom. The molecule has 0 heterocycles. The Hall–Kier alpha value is -2.77. The number of methoxy groups -OCH3 is 1. The highest BCUT2D eigenvalue weighted by Gasteiger charge is 2.27. The van der Waals surface area contributed by atoms with Gasteiger partial charge in [-0.2, -0.15) is 0 Å². The number of rotatable bonds is 9. The van der Waals surface area contributed by atoms with Gasteiger partial charge in [0.15, 0.2) is 17.5 Å². The fourth-order valence-corrected chi connectivity index (χ4v) is 2.34. The molecule has 1 rings (SSSR count). The van der Waals surface area contributed by atoms with E-state index in [1.165, 1.54) is 19.2 Å². The van der Waals surface area contributed by atoms with Crippen molar-refractivity contribution in [2.45, 2.75) is 39.7 Å². The molecule has 8 heteroatoms. The van der Waals surface area contributed by atoms with Crippen LogP contribution in [-0.2, 0) is 30.3 Å². The predicted octanol–water partition coefficient (Wildman–Crippen LogP) is 1.52. The van der Waals surface area contributed by atoms with E-state index in [0.29, 0.717) is 18.4 Å². The molecule has 0 radical (unpaired) electrons. The van der Waals surface area contributed by atoms with Gasteiger partial charge in [0.25, 0.3) is 0 Å². The van der Waals surface area contributed by atoms with Gasteiger partial charge in [-0.3, -0.25) is 9.59 Å². The van der Waals surface area contributed by atoms with Crippen molar-refractivity contribution in [3.63, 3.8) is 0 Å². The molecule has 1 unspecified atom stereocenters. The second-order valence-electron chi connectivity index (χ2n) is 6.50. The van der Waals surface area contributed by atoms with E-state index in [9.17, 15) is 24.6 Å². The van der Waals surface area contributed by atoms with Crippen LogP contribution in [0.5, 0.6) is 11.5 Å². The molecule has 0 aliphatic heterocycles. The van der Waals surface area contributed by atoms with Gasteiger partial charge in [0.1, 0.15) is 6.61 Å². The number of phenolic OH excluding ortho intramolecular Hbond substituents is 2. The molecule has 0 aliphatic carbocycles. The van der Waals surface area contributed by atoms with E-state index in [0.717, 1.165) is 0 Å². The Bertz CT molecular complexity index is 672. The number of amides is 1. The van der Waals surface area contributed by atoms with Gasteiger partial charge in [0.05, 0.1) is 13.0 Å². The van der Waals surface area contributed by atoms with Crippen LogP contribution in [0.1, 0.15) is 32.8 Å². The third-order valence-electron chi connectivity index (χ3n) is 4.05. The lowest BCUT2D eigenvalue weighted by atomic mass is 9.95. The van der Waals surface area contributed by atoms with Gasteiger partial charge in [-0.15, -0.1) is 0 Å². The number of aromatic hydroxyl groups is 2. The molecule has 0 fully saturated rings. The molecular weight excluding hydrogens is 354 g/mol. The molecule has 0 saturated heterocycles. The number of hydrogen-bond acceptors (Lipinski definition) is 7. The average Bonchev–Trinajstić information content (AvgIpc) is 2.64. The van der Waals surface area contributed by atoms with Crippen molar-refractivity contribution in [2.75, 3.05) is 13.7 Å². The van der Waals surface area contributed by atoms with Crippen LogP contribution in [-0.4, -0.2) is 47.8 Å². The van der Waals surface area contributed by atoms with Gasteiger partial charge >= 0.3 is 11.9 Å². The summed E-state index contributed by atoms with van der Waals surface area (Å²) in [5.41, 5.74) is 0.660. The zero-order chi connectivity index (χ0) is 20.6. The summed E-state index contributed by atoms with van der Waals surface area (Å²) < 4.78 is 9.70. The number of benzene rings is 1. The summed E-state index contributed by atoms with van der Waals surface area (Å²) in [6.45, 7) is 4.82. The number of nitrogens with one attached hydrogen (secondary N) is 1. The molecule has 1 aromatic carbocycles. The van der Waals surface area contributed by atoms with E-state index in [4.69, 9.17) is 4.74 Å². The summed E-state index contributed by atoms with van der Waals surface area (Å²) >= 11 is 0. The molecular formula is C19H27NO7. The van der Waals surface area contributed by atoms with E-state index in [-0.39, 0.29) is 24.0 Å². The lowest BCUT2D eigenvalue weighted by Crippen LogP contribution is -2.47. The van der Waals surface area contributed by atoms with Crippen molar-refractivity contribution < 1.29 is 34.1 Å². The number of ether oxygens (including phenoxy) is 2. The Kier molecular flexibility index (Phi) is 8.58. The summed E-state index contributed by atoms with van der Waals surface area (Å²) in [5, 5.41) is 21.5. The fraction of sp³-hybridized carbons (Fsp3) is 0.526. The molecule has 0 bridgehead atoms. The SMILES string of the molecule is CCC(Cc1ccc(O)c(O)c1)C(=O)N[C@H](COC(=O)C(C)C)C(=O)OC. The molecule has 27 heavy (non-hydrogen) atoms. The molecule has 150 valence electrons. The zero-order valence-electron chi connectivity index (χ0n) is 16.0. The molecule has 3 N–H and O–H groups in total. The second-order valence-corrected chi connectivity index (χ2v) is 6.50. The first-order chi connectivity index (χ1) is 12.7. The van der Waals surface area contributed by atoms with E-state index >= 15 is 0 Å². The van der Waals surface area contributed by atoms with Crippen LogP contribution in [0.2, 0.25) is 0 Å². The quantitative estimate of drug-likeness (QED) is 0.438. The van der Waals surface area contributed by atoms with E-state index < -0.39 is 29.8 Å². The Labute approximate surface area is 158 Å². The maximum absolute atomic E-state index is 12.6. The first kappa shape index (κ1) is 22.3. The highest BCUT2D eigenvalue weighted by Crippen LogP contribution is 2.26. The average molecular weight is 381 g/mol. The molecule has 1 aromatic rings. The minimum absolute atomic E-state index is 0.242. The summed E-state index contributed by atoms with van der Waals surface area (Å²) in [5.74, 6) is -2.95. The van der Waals surface area contributed by atoms with Gasteiger partial charge in [-0.25, -0.2) is 4.79 Å². The molecule has 0 aliphatic rings. The van der Waals surface area contributed by atoms with E-state index in [1.54, 1.807) is 19.9 Å². The normalized spacial score (nSPS) is 12.9. The third kappa shape index (κ3) is 6.80. The highest BCUT2D eigenvalue weighted by molar-refractivity contribution is 5.86. The number of hydrogen-bond donors (Lipinski definition) is 3. The second kappa shape index (κ2) is 10.4. The lowest BCUT2D eigenvalue weighted by Gasteiger charge is -2.21. The van der Waals surface area contributed by atoms with Gasteiger partial charge in [-0.05, 0) is 30.5 Å². The number of carbonyl (C=O) groups excluding carboxylic acids is 3. The molecule has 0 aromatic heterocycles. The zero-order valence-corrected chi connectivity index (χ0v) is 16.0. The van der Waals surface area contributed by atoms with Gasteiger partial charge < -0.3 is 25.0 Å². The van der Waals surface area contributed by atoms with Gasteiger partial charge in [0, 0.05) is 5.92 Å². The Balaban J connectivity index is 2.79. The van der Waals surface area contributed by atoms with Crippen molar-refractivity contribution in [3.05, 3.63) is 23.8 Å². The smallest absolute Gasteiger partial charge is 0.331 e. The van der Waals surface area contributed by atoms with E-state index in [2.05, 4.69) is 10.1 Å². The van der Waals surface area contributed by atoms with Crippen LogP contribution < -0.4 is 5.32 Å². The van der Waals surface area contributed by atoms with Crippen molar-refractivity contribution in [1.29, 1.82) is 0 Å². The largest absolute Gasteiger partial charge is 0.504 e. The van der Waals surface area contributed by atoms with Gasteiger partial charge in [0.2, 0.25) is 5.91 Å². The van der Waals surface area contributed by atoms with Gasteiger partial charge in [-0.1, -0.05) is 26.8 Å². The monoisotopic (exact) mass is 381 g/mol. The molecule has 8 nitrogen and oxygen atoms in total. The van der Waals surface area contributed by atoms with Crippen LogP contribution >= 0.6 is 0 Å². The maximum atomic E-state index is 12.6. The minimum Gasteiger partial charge on any atom is -0.504 e. The fourth-order valence-electron chi connectivity index (χ4n) is 2.34. The van der Waals surface area contributed by atoms with Crippen LogP contribution in [0.4, 0.5) is 0 Å². The van der Waals surface area contributed by atoms with Crippen molar-refractivity contribution in [1.82, 2.24) is 5.32 Å². The summed E-state index contributed by atoms with van der Waals surface area (Å²) in [6.07, 6.45) is 0.781. The van der Waals surface area contributed by atoms with Crippen LogP contribution in [0.25, 0.3) is 0 Å². The topological polar surface area (TPSA) is 122 Å². The number of phenols is 2. The van der Waals surface area contributed by atoms with Crippen LogP contribution in [0, 0.1) is 11.8 Å². The highest BCUT2D eigenvalue weighted by atomic mass is 16.5. The summed E-state index contributed by atoms with van der Waals surface area (Å²) in [6, 6.07) is 3.23. The summed E-state index contributed by atoms with van der Waals surface area (Å²) in [7, 11) is 1.18. The third-order valence-corrected chi connectivity index (χ3v) is 4.05. The number of esters is 2.